The van der Waals surface area contributed by atoms with Crippen LogP contribution < -0.4 is 10.2 Å². The fourth-order valence-electron chi connectivity index (χ4n) is 1.56. The highest BCUT2D eigenvalue weighted by atomic mass is 31.2. The molecular weight excluding hydrogens is 227 g/mol. The van der Waals surface area contributed by atoms with E-state index in [2.05, 4.69) is 51.1 Å². The molecule has 0 saturated heterocycles. The summed E-state index contributed by atoms with van der Waals surface area (Å²) in [5.41, 5.74) is 0. The standard InChI is InChI=1S/C14H33N2P/c1-7-8-9-10-17(6,15-11-13(2)3)16-12-14(4)5/h13-16H,6-12H2,1-5H3. The summed E-state index contributed by atoms with van der Waals surface area (Å²) in [5, 5.41) is 7.40. The van der Waals surface area contributed by atoms with Crippen LogP contribution in [0.4, 0.5) is 0 Å². The monoisotopic (exact) mass is 260 g/mol. The lowest BCUT2D eigenvalue weighted by Crippen LogP contribution is -2.29. The molecule has 0 aliphatic carbocycles. The summed E-state index contributed by atoms with van der Waals surface area (Å²) in [5.74, 6) is 1.39. The molecule has 3 heteroatoms. The first-order valence-corrected chi connectivity index (χ1v) is 9.28. The Kier molecular flexibility index (Phi) is 9.31. The Morgan fingerprint density at radius 1 is 0.941 bits per heavy atom. The van der Waals surface area contributed by atoms with Crippen molar-refractivity contribution in [1.82, 2.24) is 10.2 Å². The molecule has 2 nitrogen and oxygen atoms in total. The first kappa shape index (κ1) is 17.2. The Morgan fingerprint density at radius 2 is 1.41 bits per heavy atom. The summed E-state index contributed by atoms with van der Waals surface area (Å²) in [6.45, 7) is 13.4. The van der Waals surface area contributed by atoms with E-state index in [4.69, 9.17) is 0 Å². The third-order valence-electron chi connectivity index (χ3n) is 2.75. The van der Waals surface area contributed by atoms with Gasteiger partial charge in [0.15, 0.2) is 0 Å². The Bertz CT molecular complexity index is 208. The average molecular weight is 260 g/mol. The number of rotatable bonds is 10. The van der Waals surface area contributed by atoms with Crippen LogP contribution in [0.2, 0.25) is 0 Å². The Morgan fingerprint density at radius 3 is 1.76 bits per heavy atom. The van der Waals surface area contributed by atoms with Gasteiger partial charge in [0.2, 0.25) is 0 Å². The molecule has 0 heterocycles. The van der Waals surface area contributed by atoms with Crippen molar-refractivity contribution in [3.63, 3.8) is 0 Å². The minimum absolute atomic E-state index is 0.697. The SMILES string of the molecule is C=P(CCCCC)(NCC(C)C)NCC(C)C. The van der Waals surface area contributed by atoms with Gasteiger partial charge in [-0.15, -0.1) is 0 Å². The van der Waals surface area contributed by atoms with E-state index >= 15 is 0 Å². The molecule has 0 rings (SSSR count). The summed E-state index contributed by atoms with van der Waals surface area (Å²) in [7, 11) is -1.36. The zero-order chi connectivity index (χ0) is 13.3. The molecule has 0 amide bonds. The van der Waals surface area contributed by atoms with E-state index in [1.807, 2.05) is 0 Å². The number of hydrogen-bond donors (Lipinski definition) is 2. The minimum atomic E-state index is -1.36. The van der Waals surface area contributed by atoms with Crippen molar-refractivity contribution in [2.24, 2.45) is 11.8 Å². The van der Waals surface area contributed by atoms with Crippen molar-refractivity contribution in [1.29, 1.82) is 0 Å². The van der Waals surface area contributed by atoms with Crippen LogP contribution in [0.3, 0.4) is 0 Å². The molecule has 0 saturated carbocycles. The maximum absolute atomic E-state index is 4.47. The minimum Gasteiger partial charge on any atom is -0.286 e. The van der Waals surface area contributed by atoms with Crippen LogP contribution in [0.5, 0.6) is 0 Å². The first-order chi connectivity index (χ1) is 7.89. The van der Waals surface area contributed by atoms with Gasteiger partial charge in [0.05, 0.1) is 0 Å². The van der Waals surface area contributed by atoms with Gasteiger partial charge in [0, 0.05) is 20.3 Å². The predicted octanol–water partition coefficient (Wildman–Crippen LogP) is 3.95. The van der Waals surface area contributed by atoms with E-state index in [-0.39, 0.29) is 0 Å². The smallest absolute Gasteiger partial charge is 0.00316 e. The molecule has 0 atom stereocenters. The highest BCUT2D eigenvalue weighted by Crippen LogP contribution is 2.36. The molecule has 0 unspecified atom stereocenters. The van der Waals surface area contributed by atoms with E-state index < -0.39 is 7.19 Å². The molecular formula is C14H33N2P. The molecule has 0 aromatic rings. The van der Waals surface area contributed by atoms with Crippen molar-refractivity contribution in [3.05, 3.63) is 0 Å². The van der Waals surface area contributed by atoms with Crippen LogP contribution in [-0.4, -0.2) is 25.6 Å². The van der Waals surface area contributed by atoms with E-state index in [0.717, 1.165) is 13.1 Å². The second kappa shape index (κ2) is 9.19. The van der Waals surface area contributed by atoms with Crippen LogP contribution in [0, 0.1) is 11.8 Å². The van der Waals surface area contributed by atoms with Gasteiger partial charge in [-0.3, -0.25) is 10.2 Å². The molecule has 0 aliphatic heterocycles. The number of hydrogen-bond acceptors (Lipinski definition) is 2. The van der Waals surface area contributed by atoms with Gasteiger partial charge in [0.1, 0.15) is 0 Å². The Balaban J connectivity index is 4.19. The van der Waals surface area contributed by atoms with Crippen LogP contribution in [0.15, 0.2) is 0 Å². The van der Waals surface area contributed by atoms with Gasteiger partial charge in [-0.2, -0.15) is 0 Å². The quantitative estimate of drug-likeness (QED) is 0.459. The topological polar surface area (TPSA) is 24.1 Å². The van der Waals surface area contributed by atoms with Crippen LogP contribution in [0.25, 0.3) is 0 Å². The maximum atomic E-state index is 4.47. The Labute approximate surface area is 109 Å². The van der Waals surface area contributed by atoms with Gasteiger partial charge in [-0.05, 0) is 24.4 Å². The van der Waals surface area contributed by atoms with Gasteiger partial charge >= 0.3 is 0 Å². The zero-order valence-electron chi connectivity index (χ0n) is 12.6. The highest BCUT2D eigenvalue weighted by molar-refractivity contribution is 7.69. The van der Waals surface area contributed by atoms with Crippen LogP contribution >= 0.6 is 7.19 Å². The second-order valence-corrected chi connectivity index (χ2v) is 8.93. The van der Waals surface area contributed by atoms with E-state index in [1.54, 1.807) is 0 Å². The molecule has 2 N–H and O–H groups in total. The van der Waals surface area contributed by atoms with Gasteiger partial charge in [0.25, 0.3) is 0 Å². The van der Waals surface area contributed by atoms with E-state index in [1.165, 1.54) is 25.4 Å². The largest absolute Gasteiger partial charge is 0.286 e. The average Bonchev–Trinajstić information content (AvgIpc) is 2.24. The van der Waals surface area contributed by atoms with Crippen molar-refractivity contribution in [2.75, 3.05) is 19.3 Å². The molecule has 104 valence electrons. The van der Waals surface area contributed by atoms with Gasteiger partial charge in [-0.1, -0.05) is 53.8 Å². The lowest BCUT2D eigenvalue weighted by Gasteiger charge is -2.29. The summed E-state index contributed by atoms with van der Waals surface area (Å²) in [6, 6.07) is 0. The molecule has 0 radical (unpaired) electrons. The number of nitrogens with one attached hydrogen (secondary N) is 2. The third kappa shape index (κ3) is 9.88. The van der Waals surface area contributed by atoms with E-state index in [0.29, 0.717) is 11.8 Å². The maximum Gasteiger partial charge on any atom is 0.00316 e. The fourth-order valence-corrected chi connectivity index (χ4v) is 4.18. The summed E-state index contributed by atoms with van der Waals surface area (Å²) < 4.78 is 0. The van der Waals surface area contributed by atoms with Gasteiger partial charge < -0.3 is 0 Å². The van der Waals surface area contributed by atoms with Crippen LogP contribution in [-0.2, 0) is 0 Å². The number of unbranched alkanes of at least 4 members (excludes halogenated alkanes) is 2. The third-order valence-corrected chi connectivity index (χ3v) is 5.40. The van der Waals surface area contributed by atoms with Gasteiger partial charge in [-0.25, -0.2) is 0 Å². The highest BCUT2D eigenvalue weighted by Gasteiger charge is 2.13. The van der Waals surface area contributed by atoms with Crippen LogP contribution in [0.1, 0.15) is 53.9 Å². The predicted molar refractivity (Wildman–Crippen MR) is 84.1 cm³/mol. The first-order valence-electron chi connectivity index (χ1n) is 7.12. The lowest BCUT2D eigenvalue weighted by atomic mass is 10.2. The summed E-state index contributed by atoms with van der Waals surface area (Å²) in [4.78, 5) is 0. The normalized spacial score (nSPS) is 12.6. The Hall–Kier alpha value is 0.220. The molecule has 0 fully saturated rings. The summed E-state index contributed by atoms with van der Waals surface area (Å²) >= 11 is 0. The van der Waals surface area contributed by atoms with Crippen molar-refractivity contribution in [3.8, 4) is 0 Å². The molecule has 0 aromatic carbocycles. The molecule has 0 aliphatic rings. The summed E-state index contributed by atoms with van der Waals surface area (Å²) in [6.07, 6.45) is 9.60. The lowest BCUT2D eigenvalue weighted by molar-refractivity contribution is 0.610. The second-order valence-electron chi connectivity index (χ2n) is 5.91. The molecule has 0 bridgehead atoms. The molecule has 17 heavy (non-hydrogen) atoms. The fraction of sp³-hybridized carbons (Fsp3) is 0.929. The molecule has 0 spiro atoms. The van der Waals surface area contributed by atoms with Crippen molar-refractivity contribution >= 4 is 13.5 Å². The van der Waals surface area contributed by atoms with Crippen molar-refractivity contribution in [2.45, 2.75) is 53.9 Å². The molecule has 0 aromatic heterocycles. The van der Waals surface area contributed by atoms with Crippen molar-refractivity contribution < 1.29 is 0 Å². The van der Waals surface area contributed by atoms with E-state index in [9.17, 15) is 0 Å². The zero-order valence-corrected chi connectivity index (χ0v) is 13.4.